The lowest BCUT2D eigenvalue weighted by molar-refractivity contribution is -0.143. The van der Waals surface area contributed by atoms with E-state index in [1.807, 2.05) is 13.8 Å². The van der Waals surface area contributed by atoms with E-state index in [-0.39, 0.29) is 17.9 Å². The molecule has 16 heavy (non-hydrogen) atoms. The van der Waals surface area contributed by atoms with Crippen molar-refractivity contribution in [1.82, 2.24) is 10.6 Å². The molecule has 1 aliphatic heterocycles. The molecule has 1 aliphatic rings. The summed E-state index contributed by atoms with van der Waals surface area (Å²) in [6.07, 6.45) is 2.49. The predicted molar refractivity (Wildman–Crippen MR) is 60.0 cm³/mol. The van der Waals surface area contributed by atoms with Crippen molar-refractivity contribution < 1.29 is 14.7 Å². The van der Waals surface area contributed by atoms with Gasteiger partial charge in [0.1, 0.15) is 6.04 Å². The Morgan fingerprint density at radius 2 is 2.25 bits per heavy atom. The lowest BCUT2D eigenvalue weighted by atomic mass is 9.99. The molecule has 3 N–H and O–H groups in total. The van der Waals surface area contributed by atoms with Crippen molar-refractivity contribution >= 4 is 11.9 Å². The SMILES string of the molecule is CCC(C)[C@H](NC(=O)C1CCCN1)C(=O)O. The van der Waals surface area contributed by atoms with Gasteiger partial charge in [0.2, 0.25) is 5.91 Å². The van der Waals surface area contributed by atoms with Gasteiger partial charge in [-0.15, -0.1) is 0 Å². The number of carbonyl (C=O) groups excluding carboxylic acids is 1. The van der Waals surface area contributed by atoms with Gasteiger partial charge in [-0.3, -0.25) is 4.79 Å². The van der Waals surface area contributed by atoms with Crippen LogP contribution >= 0.6 is 0 Å². The smallest absolute Gasteiger partial charge is 0.326 e. The first-order valence-corrected chi connectivity index (χ1v) is 5.82. The third kappa shape index (κ3) is 3.20. The Labute approximate surface area is 95.6 Å². The van der Waals surface area contributed by atoms with Crippen molar-refractivity contribution in [1.29, 1.82) is 0 Å². The van der Waals surface area contributed by atoms with Crippen LogP contribution < -0.4 is 10.6 Å². The van der Waals surface area contributed by atoms with Gasteiger partial charge in [0, 0.05) is 0 Å². The van der Waals surface area contributed by atoms with Gasteiger partial charge in [-0.05, 0) is 25.3 Å². The maximum absolute atomic E-state index is 11.7. The second-order valence-corrected chi connectivity index (χ2v) is 4.36. The molecule has 5 nitrogen and oxygen atoms in total. The van der Waals surface area contributed by atoms with Crippen molar-refractivity contribution in [3.8, 4) is 0 Å². The summed E-state index contributed by atoms with van der Waals surface area (Å²) >= 11 is 0. The zero-order chi connectivity index (χ0) is 12.1. The Balaban J connectivity index is 2.53. The molecule has 1 amide bonds. The lowest BCUT2D eigenvalue weighted by Crippen LogP contribution is -2.50. The van der Waals surface area contributed by atoms with Gasteiger partial charge >= 0.3 is 5.97 Å². The molecule has 1 saturated heterocycles. The van der Waals surface area contributed by atoms with Gasteiger partial charge < -0.3 is 15.7 Å². The minimum Gasteiger partial charge on any atom is -0.480 e. The van der Waals surface area contributed by atoms with Gasteiger partial charge in [-0.1, -0.05) is 20.3 Å². The first-order valence-electron chi connectivity index (χ1n) is 5.82. The first-order chi connectivity index (χ1) is 7.56. The molecule has 1 fully saturated rings. The monoisotopic (exact) mass is 228 g/mol. The van der Waals surface area contributed by atoms with Gasteiger partial charge in [-0.25, -0.2) is 4.79 Å². The van der Waals surface area contributed by atoms with Crippen molar-refractivity contribution in [2.75, 3.05) is 6.54 Å². The van der Waals surface area contributed by atoms with E-state index >= 15 is 0 Å². The van der Waals surface area contributed by atoms with Crippen LogP contribution in [0.2, 0.25) is 0 Å². The summed E-state index contributed by atoms with van der Waals surface area (Å²) in [5.41, 5.74) is 0. The summed E-state index contributed by atoms with van der Waals surface area (Å²) in [7, 11) is 0. The fraction of sp³-hybridized carbons (Fsp3) is 0.818. The largest absolute Gasteiger partial charge is 0.480 e. The van der Waals surface area contributed by atoms with Crippen LogP contribution in [0.25, 0.3) is 0 Å². The number of amides is 1. The third-order valence-corrected chi connectivity index (χ3v) is 3.15. The summed E-state index contributed by atoms with van der Waals surface area (Å²) in [6, 6.07) is -0.995. The average molecular weight is 228 g/mol. The molecule has 0 saturated carbocycles. The second-order valence-electron chi connectivity index (χ2n) is 4.36. The number of rotatable bonds is 5. The molecule has 0 aromatic rings. The Morgan fingerprint density at radius 1 is 1.56 bits per heavy atom. The van der Waals surface area contributed by atoms with Crippen LogP contribution in [0.1, 0.15) is 33.1 Å². The molecular weight excluding hydrogens is 208 g/mol. The lowest BCUT2D eigenvalue weighted by Gasteiger charge is -2.22. The van der Waals surface area contributed by atoms with Crippen LogP contribution in [0.15, 0.2) is 0 Å². The second kappa shape index (κ2) is 5.84. The molecule has 0 bridgehead atoms. The molecule has 92 valence electrons. The molecule has 3 atom stereocenters. The highest BCUT2D eigenvalue weighted by Crippen LogP contribution is 2.10. The molecule has 0 radical (unpaired) electrons. The van der Waals surface area contributed by atoms with Gasteiger partial charge in [-0.2, -0.15) is 0 Å². The van der Waals surface area contributed by atoms with Gasteiger partial charge in [0.25, 0.3) is 0 Å². The van der Waals surface area contributed by atoms with Crippen LogP contribution in [0.5, 0.6) is 0 Å². The molecular formula is C11H20N2O3. The zero-order valence-corrected chi connectivity index (χ0v) is 9.82. The molecule has 0 aliphatic carbocycles. The molecule has 0 spiro atoms. The maximum Gasteiger partial charge on any atom is 0.326 e. The van der Waals surface area contributed by atoms with E-state index in [2.05, 4.69) is 10.6 Å². The number of carboxylic acid groups (broad SMARTS) is 1. The molecule has 1 heterocycles. The molecule has 0 aromatic heterocycles. The van der Waals surface area contributed by atoms with Crippen molar-refractivity contribution in [2.24, 2.45) is 5.92 Å². The Bertz CT molecular complexity index is 262. The fourth-order valence-electron chi connectivity index (χ4n) is 1.85. The van der Waals surface area contributed by atoms with E-state index < -0.39 is 12.0 Å². The topological polar surface area (TPSA) is 78.4 Å². The number of hydrogen-bond donors (Lipinski definition) is 3. The fourth-order valence-corrected chi connectivity index (χ4v) is 1.85. The average Bonchev–Trinajstić information content (AvgIpc) is 2.77. The van der Waals surface area contributed by atoms with Crippen LogP contribution in [0.4, 0.5) is 0 Å². The van der Waals surface area contributed by atoms with Gasteiger partial charge in [0.05, 0.1) is 6.04 Å². The van der Waals surface area contributed by atoms with E-state index in [4.69, 9.17) is 5.11 Å². The highest BCUT2D eigenvalue weighted by Gasteiger charge is 2.29. The Hall–Kier alpha value is -1.10. The van der Waals surface area contributed by atoms with Crippen LogP contribution in [-0.4, -0.2) is 35.6 Å². The van der Waals surface area contributed by atoms with Crippen LogP contribution in [0, 0.1) is 5.92 Å². The summed E-state index contributed by atoms with van der Waals surface area (Å²) in [5.74, 6) is -1.20. The molecule has 2 unspecified atom stereocenters. The van der Waals surface area contributed by atoms with Crippen LogP contribution in [0.3, 0.4) is 0 Å². The zero-order valence-electron chi connectivity index (χ0n) is 9.82. The number of carboxylic acids is 1. The van der Waals surface area contributed by atoms with E-state index in [1.54, 1.807) is 0 Å². The highest BCUT2D eigenvalue weighted by molar-refractivity contribution is 5.87. The summed E-state index contributed by atoms with van der Waals surface area (Å²) in [6.45, 7) is 4.58. The molecule has 5 heteroatoms. The van der Waals surface area contributed by atoms with Gasteiger partial charge in [0.15, 0.2) is 0 Å². The quantitative estimate of drug-likeness (QED) is 0.634. The first kappa shape index (κ1) is 13.0. The molecule has 1 rings (SSSR count). The number of aliphatic carboxylic acids is 1. The molecule has 0 aromatic carbocycles. The summed E-state index contributed by atoms with van der Waals surface area (Å²) in [5, 5.41) is 14.7. The van der Waals surface area contributed by atoms with E-state index in [9.17, 15) is 9.59 Å². The number of nitrogens with one attached hydrogen (secondary N) is 2. The standard InChI is InChI=1S/C11H20N2O3/c1-3-7(2)9(11(15)16)13-10(14)8-5-4-6-12-8/h7-9,12H,3-6H2,1-2H3,(H,13,14)(H,15,16)/t7?,8?,9-/m0/s1. The van der Waals surface area contributed by atoms with Crippen LogP contribution in [-0.2, 0) is 9.59 Å². The van der Waals surface area contributed by atoms with Crippen molar-refractivity contribution in [3.05, 3.63) is 0 Å². The third-order valence-electron chi connectivity index (χ3n) is 3.15. The maximum atomic E-state index is 11.7. The minimum absolute atomic E-state index is 0.0529. The Morgan fingerprint density at radius 3 is 2.69 bits per heavy atom. The summed E-state index contributed by atoms with van der Waals surface area (Å²) in [4.78, 5) is 22.8. The minimum atomic E-state index is -0.958. The Kier molecular flexibility index (Phi) is 4.73. The number of carbonyl (C=O) groups is 2. The van der Waals surface area contributed by atoms with E-state index in [0.29, 0.717) is 0 Å². The summed E-state index contributed by atoms with van der Waals surface area (Å²) < 4.78 is 0. The normalized spacial score (nSPS) is 23.8. The highest BCUT2D eigenvalue weighted by atomic mass is 16.4. The van der Waals surface area contributed by atoms with E-state index in [1.165, 1.54) is 0 Å². The number of hydrogen-bond acceptors (Lipinski definition) is 3. The van der Waals surface area contributed by atoms with E-state index in [0.717, 1.165) is 25.8 Å². The predicted octanol–water partition coefficient (Wildman–Crippen LogP) is 0.354. The van der Waals surface area contributed by atoms with Crippen molar-refractivity contribution in [3.63, 3.8) is 0 Å². The van der Waals surface area contributed by atoms with Crippen molar-refractivity contribution in [2.45, 2.75) is 45.2 Å².